The third kappa shape index (κ3) is 1.94. The molecular weight excluding hydrogens is 226 g/mol. The topological polar surface area (TPSA) is 12.0 Å². The Kier molecular flexibility index (Phi) is 3.15. The Morgan fingerprint density at radius 3 is 2.46 bits per heavy atom. The van der Waals surface area contributed by atoms with Crippen molar-refractivity contribution in [2.75, 3.05) is 12.4 Å². The summed E-state index contributed by atoms with van der Waals surface area (Å²) < 4.78 is 1.08. The normalized spacial score (nSPS) is 9.85. The molecule has 0 spiro atoms. The van der Waals surface area contributed by atoms with Gasteiger partial charge in [-0.1, -0.05) is 12.6 Å². The second-order valence-electron chi connectivity index (χ2n) is 3.14. The van der Waals surface area contributed by atoms with Crippen molar-refractivity contribution in [3.63, 3.8) is 0 Å². The van der Waals surface area contributed by atoms with Crippen LogP contribution in [0.1, 0.15) is 18.1 Å². The molecule has 2 heteroatoms. The molecule has 0 aromatic heterocycles. The largest absolute Gasteiger partial charge is 0.387 e. The lowest BCUT2D eigenvalue weighted by molar-refractivity contribution is 1.36. The highest BCUT2D eigenvalue weighted by atomic mass is 79.9. The Morgan fingerprint density at radius 2 is 2.08 bits per heavy atom. The van der Waals surface area contributed by atoms with Crippen molar-refractivity contribution in [2.45, 2.75) is 13.8 Å². The summed E-state index contributed by atoms with van der Waals surface area (Å²) in [7, 11) is 1.92. The van der Waals surface area contributed by atoms with E-state index in [1.54, 1.807) is 0 Å². The van der Waals surface area contributed by atoms with Crippen LogP contribution in [0, 0.1) is 6.92 Å². The molecule has 70 valence electrons. The average molecular weight is 240 g/mol. The van der Waals surface area contributed by atoms with E-state index in [1.807, 2.05) is 20.0 Å². The number of hydrogen-bond donors (Lipinski definition) is 1. The van der Waals surface area contributed by atoms with E-state index in [2.05, 4.69) is 40.8 Å². The van der Waals surface area contributed by atoms with E-state index < -0.39 is 0 Å². The summed E-state index contributed by atoms with van der Waals surface area (Å²) in [4.78, 5) is 0. The Labute approximate surface area is 88.0 Å². The van der Waals surface area contributed by atoms with E-state index in [0.29, 0.717) is 0 Å². The Morgan fingerprint density at radius 1 is 1.46 bits per heavy atom. The molecule has 0 radical (unpaired) electrons. The summed E-state index contributed by atoms with van der Waals surface area (Å²) in [5.41, 5.74) is 4.66. The summed E-state index contributed by atoms with van der Waals surface area (Å²) in [6.07, 6.45) is 0. The highest BCUT2D eigenvalue weighted by Gasteiger charge is 2.08. The number of hydrogen-bond acceptors (Lipinski definition) is 1. The number of allylic oxidation sites excluding steroid dienone is 1. The molecule has 0 fully saturated rings. The lowest BCUT2D eigenvalue weighted by Gasteiger charge is -2.13. The van der Waals surface area contributed by atoms with E-state index >= 15 is 0 Å². The molecule has 1 N–H and O–H groups in total. The fourth-order valence-electron chi connectivity index (χ4n) is 1.48. The van der Waals surface area contributed by atoms with Crippen molar-refractivity contribution < 1.29 is 0 Å². The molecule has 0 heterocycles. The summed E-state index contributed by atoms with van der Waals surface area (Å²) in [5.74, 6) is 0. The van der Waals surface area contributed by atoms with Crippen molar-refractivity contribution >= 4 is 27.2 Å². The van der Waals surface area contributed by atoms with Crippen molar-refractivity contribution in [2.24, 2.45) is 0 Å². The van der Waals surface area contributed by atoms with E-state index in [1.165, 1.54) is 11.1 Å². The molecule has 0 aliphatic rings. The minimum Gasteiger partial charge on any atom is -0.387 e. The highest BCUT2D eigenvalue weighted by molar-refractivity contribution is 9.10. The van der Waals surface area contributed by atoms with Gasteiger partial charge in [0.1, 0.15) is 0 Å². The number of nitrogens with one attached hydrogen (secondary N) is 1. The van der Waals surface area contributed by atoms with Gasteiger partial charge in [0, 0.05) is 17.1 Å². The van der Waals surface area contributed by atoms with Gasteiger partial charge in [-0.15, -0.1) is 0 Å². The lowest BCUT2D eigenvalue weighted by Crippen LogP contribution is -1.97. The molecule has 0 atom stereocenters. The first kappa shape index (κ1) is 10.3. The summed E-state index contributed by atoms with van der Waals surface area (Å²) in [5, 5.41) is 3.18. The van der Waals surface area contributed by atoms with Crippen LogP contribution in [-0.2, 0) is 0 Å². The van der Waals surface area contributed by atoms with Crippen LogP contribution in [-0.4, -0.2) is 7.05 Å². The molecule has 1 aromatic rings. The van der Waals surface area contributed by atoms with E-state index in [4.69, 9.17) is 0 Å². The summed E-state index contributed by atoms with van der Waals surface area (Å²) >= 11 is 3.51. The van der Waals surface area contributed by atoms with E-state index in [0.717, 1.165) is 15.7 Å². The maximum absolute atomic E-state index is 3.98. The molecule has 1 rings (SSSR count). The Balaban J connectivity index is 3.43. The van der Waals surface area contributed by atoms with Gasteiger partial charge in [0.2, 0.25) is 0 Å². The first-order valence-electron chi connectivity index (χ1n) is 4.20. The van der Waals surface area contributed by atoms with Crippen LogP contribution in [0.4, 0.5) is 5.69 Å². The van der Waals surface area contributed by atoms with Gasteiger partial charge in [-0.3, -0.25) is 0 Å². The molecular formula is C11H14BrN. The zero-order valence-electron chi connectivity index (χ0n) is 8.24. The lowest BCUT2D eigenvalue weighted by atomic mass is 10.0. The van der Waals surface area contributed by atoms with Crippen molar-refractivity contribution in [3.8, 4) is 0 Å². The van der Waals surface area contributed by atoms with Crippen molar-refractivity contribution in [1.29, 1.82) is 0 Å². The molecule has 0 amide bonds. The standard InChI is InChI=1S/C11H14BrN/c1-7(2)10-8(3)5-6-9(12)11(10)13-4/h5-6,13H,1H2,2-4H3. The minimum atomic E-state index is 1.08. The van der Waals surface area contributed by atoms with Gasteiger partial charge in [0.15, 0.2) is 0 Å². The van der Waals surface area contributed by atoms with Crippen LogP contribution in [0.3, 0.4) is 0 Å². The van der Waals surface area contributed by atoms with Gasteiger partial charge in [0.25, 0.3) is 0 Å². The molecule has 1 aromatic carbocycles. The van der Waals surface area contributed by atoms with Crippen LogP contribution in [0.25, 0.3) is 5.57 Å². The first-order valence-corrected chi connectivity index (χ1v) is 5.00. The smallest absolute Gasteiger partial charge is 0.0560 e. The second-order valence-corrected chi connectivity index (χ2v) is 4.00. The molecule has 0 saturated carbocycles. The van der Waals surface area contributed by atoms with Crippen molar-refractivity contribution in [3.05, 3.63) is 34.3 Å². The van der Waals surface area contributed by atoms with E-state index in [9.17, 15) is 0 Å². The zero-order chi connectivity index (χ0) is 10.0. The third-order valence-electron chi connectivity index (χ3n) is 2.04. The minimum absolute atomic E-state index is 1.08. The molecule has 0 bridgehead atoms. The number of benzene rings is 1. The summed E-state index contributed by atoms with van der Waals surface area (Å²) in [6, 6.07) is 4.14. The quantitative estimate of drug-likeness (QED) is 0.828. The zero-order valence-corrected chi connectivity index (χ0v) is 9.83. The highest BCUT2D eigenvalue weighted by Crippen LogP contribution is 2.32. The average Bonchev–Trinajstić information content (AvgIpc) is 2.07. The van der Waals surface area contributed by atoms with Crippen LogP contribution in [0.15, 0.2) is 23.2 Å². The first-order chi connectivity index (χ1) is 6.07. The fourth-order valence-corrected chi connectivity index (χ4v) is 2.00. The Hall–Kier alpha value is -0.760. The van der Waals surface area contributed by atoms with E-state index in [-0.39, 0.29) is 0 Å². The van der Waals surface area contributed by atoms with Crippen LogP contribution < -0.4 is 5.32 Å². The monoisotopic (exact) mass is 239 g/mol. The number of anilines is 1. The second kappa shape index (κ2) is 3.97. The number of rotatable bonds is 2. The van der Waals surface area contributed by atoms with Gasteiger partial charge >= 0.3 is 0 Å². The van der Waals surface area contributed by atoms with Crippen LogP contribution in [0.5, 0.6) is 0 Å². The van der Waals surface area contributed by atoms with Gasteiger partial charge in [-0.05, 0) is 47.0 Å². The predicted octanol–water partition coefficient (Wildman–Crippen LogP) is 3.83. The van der Waals surface area contributed by atoms with Gasteiger partial charge in [0.05, 0.1) is 5.69 Å². The van der Waals surface area contributed by atoms with Gasteiger partial charge in [-0.2, -0.15) is 0 Å². The number of halogens is 1. The summed E-state index contributed by atoms with van der Waals surface area (Å²) in [6.45, 7) is 8.09. The maximum atomic E-state index is 3.98. The number of aryl methyl sites for hydroxylation is 1. The fraction of sp³-hybridized carbons (Fsp3) is 0.273. The SMILES string of the molecule is C=C(C)c1c(C)ccc(Br)c1NC. The third-order valence-corrected chi connectivity index (χ3v) is 2.70. The van der Waals surface area contributed by atoms with Crippen LogP contribution in [0.2, 0.25) is 0 Å². The molecule has 0 aliphatic carbocycles. The Bertz CT molecular complexity index is 342. The van der Waals surface area contributed by atoms with Gasteiger partial charge in [-0.25, -0.2) is 0 Å². The maximum Gasteiger partial charge on any atom is 0.0560 e. The van der Waals surface area contributed by atoms with Crippen LogP contribution >= 0.6 is 15.9 Å². The predicted molar refractivity (Wildman–Crippen MR) is 63.1 cm³/mol. The molecule has 0 aliphatic heterocycles. The molecule has 0 saturated heterocycles. The van der Waals surface area contributed by atoms with Crippen molar-refractivity contribution in [1.82, 2.24) is 0 Å². The van der Waals surface area contributed by atoms with Gasteiger partial charge < -0.3 is 5.32 Å². The molecule has 13 heavy (non-hydrogen) atoms. The molecule has 0 unspecified atom stereocenters. The molecule has 1 nitrogen and oxygen atoms in total.